The zero-order valence-corrected chi connectivity index (χ0v) is 14.3. The van der Waals surface area contributed by atoms with E-state index in [2.05, 4.69) is 20.1 Å². The van der Waals surface area contributed by atoms with Crippen molar-refractivity contribution in [2.45, 2.75) is 51.3 Å². The van der Waals surface area contributed by atoms with Gasteiger partial charge >= 0.3 is 0 Å². The molecule has 2 aliphatic heterocycles. The van der Waals surface area contributed by atoms with Crippen LogP contribution < -0.4 is 10.2 Å². The van der Waals surface area contributed by atoms with Gasteiger partial charge in [-0.2, -0.15) is 0 Å². The minimum Gasteiger partial charge on any atom is -0.391 e. The van der Waals surface area contributed by atoms with E-state index in [1.165, 1.54) is 19.8 Å². The number of nitrogens with zero attached hydrogens (tertiary/aromatic N) is 4. The fourth-order valence-corrected chi connectivity index (χ4v) is 3.50. The first-order chi connectivity index (χ1) is 11.6. The molecule has 1 aromatic rings. The van der Waals surface area contributed by atoms with Gasteiger partial charge in [-0.3, -0.25) is 9.69 Å². The van der Waals surface area contributed by atoms with Gasteiger partial charge in [0.25, 0.3) is 0 Å². The molecule has 0 spiro atoms. The number of nitrogens with one attached hydrogen (secondary N) is 1. The van der Waals surface area contributed by atoms with E-state index >= 15 is 0 Å². The van der Waals surface area contributed by atoms with Crippen LogP contribution in [0.4, 0.5) is 5.95 Å². The number of aliphatic hydroxyl groups excluding tert-OH is 1. The number of aromatic nitrogens is 2. The van der Waals surface area contributed by atoms with Crippen molar-refractivity contribution in [3.63, 3.8) is 0 Å². The Hall–Kier alpha value is -1.73. The van der Waals surface area contributed by atoms with Gasteiger partial charge in [-0.15, -0.1) is 0 Å². The van der Waals surface area contributed by atoms with Gasteiger partial charge in [-0.1, -0.05) is 0 Å². The largest absolute Gasteiger partial charge is 0.391 e. The number of likely N-dealkylation sites (tertiary alicyclic amines) is 1. The molecule has 0 radical (unpaired) electrons. The number of carbonyl (C=O) groups excluding carboxylic acids is 1. The highest BCUT2D eigenvalue weighted by molar-refractivity contribution is 5.73. The molecule has 2 N–H and O–H groups in total. The van der Waals surface area contributed by atoms with Gasteiger partial charge in [0.2, 0.25) is 11.9 Å². The maximum Gasteiger partial charge on any atom is 0.225 e. The minimum absolute atomic E-state index is 0.0847. The zero-order chi connectivity index (χ0) is 16.9. The van der Waals surface area contributed by atoms with Crippen molar-refractivity contribution < 1.29 is 9.90 Å². The third kappa shape index (κ3) is 4.42. The Morgan fingerprint density at radius 2 is 2.04 bits per heavy atom. The standard InChI is InChI=1S/C17H27N5O2/c1-13(23)19-15-5-10-21(11-6-16(15)24)12-14-4-7-18-17(20-14)22-8-2-3-9-22/h4,7,15-16,24H,2-3,5-6,8-12H2,1H3,(H,19,23)/t15-,16-/m0/s1. The van der Waals surface area contributed by atoms with E-state index in [1.54, 1.807) is 0 Å². The first kappa shape index (κ1) is 17.1. The van der Waals surface area contributed by atoms with Crippen molar-refractivity contribution in [2.24, 2.45) is 0 Å². The lowest BCUT2D eigenvalue weighted by atomic mass is 10.1. The second kappa shape index (κ2) is 7.90. The molecule has 2 fully saturated rings. The zero-order valence-electron chi connectivity index (χ0n) is 14.3. The lowest BCUT2D eigenvalue weighted by molar-refractivity contribution is -0.120. The van der Waals surface area contributed by atoms with Gasteiger partial charge in [0, 0.05) is 45.8 Å². The van der Waals surface area contributed by atoms with Gasteiger partial charge in [0.05, 0.1) is 17.8 Å². The second-order valence-corrected chi connectivity index (χ2v) is 6.77. The lowest BCUT2D eigenvalue weighted by Gasteiger charge is -2.21. The van der Waals surface area contributed by atoms with E-state index in [1.807, 2.05) is 12.3 Å². The Bertz CT molecular complexity index is 562. The van der Waals surface area contributed by atoms with Crippen LogP contribution in [0.1, 0.15) is 38.3 Å². The molecule has 2 aliphatic rings. The topological polar surface area (TPSA) is 81.6 Å². The van der Waals surface area contributed by atoms with Gasteiger partial charge in [-0.05, 0) is 31.7 Å². The summed E-state index contributed by atoms with van der Waals surface area (Å²) in [6, 6.07) is 1.81. The summed E-state index contributed by atoms with van der Waals surface area (Å²) >= 11 is 0. The van der Waals surface area contributed by atoms with E-state index in [0.717, 1.165) is 50.8 Å². The number of carbonyl (C=O) groups is 1. The fraction of sp³-hybridized carbons (Fsp3) is 0.706. The van der Waals surface area contributed by atoms with Crippen molar-refractivity contribution in [1.29, 1.82) is 0 Å². The van der Waals surface area contributed by atoms with Gasteiger partial charge < -0.3 is 15.3 Å². The molecule has 0 aromatic carbocycles. The Morgan fingerprint density at radius 3 is 2.79 bits per heavy atom. The molecule has 1 aromatic heterocycles. The van der Waals surface area contributed by atoms with Crippen LogP contribution in [-0.4, -0.2) is 64.2 Å². The first-order valence-corrected chi connectivity index (χ1v) is 8.86. The third-order valence-electron chi connectivity index (χ3n) is 4.83. The molecule has 0 saturated carbocycles. The van der Waals surface area contributed by atoms with E-state index in [0.29, 0.717) is 6.42 Å². The van der Waals surface area contributed by atoms with Gasteiger partial charge in [0.1, 0.15) is 0 Å². The van der Waals surface area contributed by atoms with E-state index in [-0.39, 0.29) is 11.9 Å². The van der Waals surface area contributed by atoms with Crippen molar-refractivity contribution in [3.05, 3.63) is 18.0 Å². The summed E-state index contributed by atoms with van der Waals surface area (Å²) in [5.74, 6) is 0.745. The molecule has 2 saturated heterocycles. The summed E-state index contributed by atoms with van der Waals surface area (Å²) in [5.41, 5.74) is 1.01. The number of hydrogen-bond donors (Lipinski definition) is 2. The second-order valence-electron chi connectivity index (χ2n) is 6.77. The highest BCUT2D eigenvalue weighted by atomic mass is 16.3. The molecule has 132 valence electrons. The molecular weight excluding hydrogens is 306 g/mol. The summed E-state index contributed by atoms with van der Waals surface area (Å²) in [6.45, 7) is 5.97. The predicted octanol–water partition coefficient (Wildman–Crippen LogP) is 0.538. The van der Waals surface area contributed by atoms with Crippen LogP contribution in [0.25, 0.3) is 0 Å². The monoisotopic (exact) mass is 333 g/mol. The Labute approximate surface area is 143 Å². The molecule has 1 amide bonds. The quantitative estimate of drug-likeness (QED) is 0.837. The smallest absolute Gasteiger partial charge is 0.225 e. The molecule has 24 heavy (non-hydrogen) atoms. The van der Waals surface area contributed by atoms with Crippen molar-refractivity contribution in [1.82, 2.24) is 20.2 Å². The van der Waals surface area contributed by atoms with Gasteiger partial charge in [-0.25, -0.2) is 9.97 Å². The van der Waals surface area contributed by atoms with E-state index in [9.17, 15) is 9.90 Å². The Balaban J connectivity index is 1.59. The Morgan fingerprint density at radius 1 is 1.29 bits per heavy atom. The summed E-state index contributed by atoms with van der Waals surface area (Å²) in [5, 5.41) is 13.0. The van der Waals surface area contributed by atoms with Crippen LogP contribution >= 0.6 is 0 Å². The first-order valence-electron chi connectivity index (χ1n) is 8.86. The van der Waals surface area contributed by atoms with Crippen LogP contribution in [0.5, 0.6) is 0 Å². The third-order valence-corrected chi connectivity index (χ3v) is 4.83. The lowest BCUT2D eigenvalue weighted by Crippen LogP contribution is -2.42. The average molecular weight is 333 g/mol. The number of hydrogen-bond acceptors (Lipinski definition) is 6. The number of rotatable bonds is 4. The molecule has 2 atom stereocenters. The maximum atomic E-state index is 11.2. The molecular formula is C17H27N5O2. The predicted molar refractivity (Wildman–Crippen MR) is 91.6 cm³/mol. The van der Waals surface area contributed by atoms with Crippen LogP contribution in [-0.2, 0) is 11.3 Å². The summed E-state index contributed by atoms with van der Waals surface area (Å²) in [7, 11) is 0. The number of aliphatic hydroxyl groups is 1. The maximum absolute atomic E-state index is 11.2. The van der Waals surface area contributed by atoms with Crippen LogP contribution in [0.3, 0.4) is 0 Å². The molecule has 3 rings (SSSR count). The van der Waals surface area contributed by atoms with E-state index < -0.39 is 6.10 Å². The van der Waals surface area contributed by atoms with Gasteiger partial charge in [0.15, 0.2) is 0 Å². The molecule has 3 heterocycles. The van der Waals surface area contributed by atoms with Crippen molar-refractivity contribution in [2.75, 3.05) is 31.1 Å². The highest BCUT2D eigenvalue weighted by Gasteiger charge is 2.25. The van der Waals surface area contributed by atoms with Crippen molar-refractivity contribution in [3.8, 4) is 0 Å². The summed E-state index contributed by atoms with van der Waals surface area (Å²) < 4.78 is 0. The summed E-state index contributed by atoms with van der Waals surface area (Å²) in [6.07, 6.45) is 5.19. The fourth-order valence-electron chi connectivity index (χ4n) is 3.50. The molecule has 7 heteroatoms. The average Bonchev–Trinajstić information content (AvgIpc) is 3.05. The van der Waals surface area contributed by atoms with Crippen LogP contribution in [0.2, 0.25) is 0 Å². The van der Waals surface area contributed by atoms with E-state index in [4.69, 9.17) is 4.98 Å². The number of amides is 1. The van der Waals surface area contributed by atoms with Crippen LogP contribution in [0.15, 0.2) is 12.3 Å². The molecule has 0 aliphatic carbocycles. The number of anilines is 1. The highest BCUT2D eigenvalue weighted by Crippen LogP contribution is 2.17. The molecule has 7 nitrogen and oxygen atoms in total. The van der Waals surface area contributed by atoms with Crippen LogP contribution in [0, 0.1) is 0 Å². The van der Waals surface area contributed by atoms with Crippen molar-refractivity contribution >= 4 is 11.9 Å². The Kier molecular flexibility index (Phi) is 5.63. The minimum atomic E-state index is -0.482. The SMILES string of the molecule is CC(=O)N[C@H]1CCN(Cc2ccnc(N3CCCC3)n2)CC[C@@H]1O. The molecule has 0 bridgehead atoms. The molecule has 0 unspecified atom stereocenters. The summed E-state index contributed by atoms with van der Waals surface area (Å²) in [4.78, 5) is 24.9. The normalized spacial score (nSPS) is 25.5.